The van der Waals surface area contributed by atoms with Crippen molar-refractivity contribution >= 4 is 11.8 Å². The highest BCUT2D eigenvalue weighted by molar-refractivity contribution is 7.99. The van der Waals surface area contributed by atoms with Crippen LogP contribution in [0.25, 0.3) is 0 Å². The molecule has 0 aliphatic heterocycles. The summed E-state index contributed by atoms with van der Waals surface area (Å²) in [5.41, 5.74) is 6.93. The monoisotopic (exact) mass is 252 g/mol. The highest BCUT2D eigenvalue weighted by Gasteiger charge is 2.09. The van der Waals surface area contributed by atoms with Crippen molar-refractivity contribution in [2.24, 2.45) is 12.8 Å². The molecule has 1 unspecified atom stereocenters. The number of hydrogen-bond donors (Lipinski definition) is 1. The number of hydrogen-bond acceptors (Lipinski definition) is 4. The van der Waals surface area contributed by atoms with Crippen molar-refractivity contribution in [3.05, 3.63) is 42.0 Å². The Kier molecular flexibility index (Phi) is 3.75. The van der Waals surface area contributed by atoms with E-state index in [-0.39, 0.29) is 11.9 Å². The fourth-order valence-corrected chi connectivity index (χ4v) is 2.25. The molecule has 2 aromatic rings. The number of rotatable bonds is 4. The number of aromatic nitrogens is 3. The molecule has 1 heterocycles. The van der Waals surface area contributed by atoms with E-state index in [0.29, 0.717) is 5.75 Å². The van der Waals surface area contributed by atoms with Crippen LogP contribution in [0.5, 0.6) is 0 Å². The van der Waals surface area contributed by atoms with Crippen molar-refractivity contribution in [3.63, 3.8) is 0 Å². The molecule has 1 atom stereocenters. The van der Waals surface area contributed by atoms with Crippen molar-refractivity contribution in [1.82, 2.24) is 14.8 Å². The topological polar surface area (TPSA) is 56.7 Å². The number of aryl methyl sites for hydroxylation is 1. The molecule has 4 nitrogen and oxygen atoms in total. The standard InChI is InChI=1S/C11H13FN4S/c1-16-7-14-15-11(16)17-6-10(13)8-2-4-9(12)5-3-8/h2-5,7,10H,6,13H2,1H3. The maximum Gasteiger partial charge on any atom is 0.190 e. The summed E-state index contributed by atoms with van der Waals surface area (Å²) in [6.07, 6.45) is 1.64. The van der Waals surface area contributed by atoms with Gasteiger partial charge in [-0.25, -0.2) is 4.39 Å². The molecule has 2 rings (SSSR count). The fraction of sp³-hybridized carbons (Fsp3) is 0.273. The summed E-state index contributed by atoms with van der Waals surface area (Å²) in [7, 11) is 1.88. The van der Waals surface area contributed by atoms with Crippen LogP contribution in [0.4, 0.5) is 4.39 Å². The van der Waals surface area contributed by atoms with E-state index < -0.39 is 0 Å². The lowest BCUT2D eigenvalue weighted by molar-refractivity contribution is 0.626. The molecule has 90 valence electrons. The summed E-state index contributed by atoms with van der Waals surface area (Å²) in [6.45, 7) is 0. The first-order chi connectivity index (χ1) is 8.16. The van der Waals surface area contributed by atoms with Crippen molar-refractivity contribution in [2.75, 3.05) is 5.75 Å². The molecule has 0 spiro atoms. The van der Waals surface area contributed by atoms with Crippen molar-refractivity contribution in [3.8, 4) is 0 Å². The Balaban J connectivity index is 1.95. The predicted molar refractivity (Wildman–Crippen MR) is 65.1 cm³/mol. The van der Waals surface area contributed by atoms with E-state index in [2.05, 4.69) is 10.2 Å². The molecular weight excluding hydrogens is 239 g/mol. The highest BCUT2D eigenvalue weighted by Crippen LogP contribution is 2.21. The minimum absolute atomic E-state index is 0.141. The molecule has 0 amide bonds. The van der Waals surface area contributed by atoms with Crippen molar-refractivity contribution in [2.45, 2.75) is 11.2 Å². The maximum atomic E-state index is 12.7. The van der Waals surface area contributed by atoms with Crippen LogP contribution in [0, 0.1) is 5.82 Å². The molecular formula is C11H13FN4S. The second-order valence-electron chi connectivity index (χ2n) is 3.69. The van der Waals surface area contributed by atoms with Gasteiger partial charge in [-0.05, 0) is 17.7 Å². The highest BCUT2D eigenvalue weighted by atomic mass is 32.2. The van der Waals surface area contributed by atoms with Gasteiger partial charge < -0.3 is 10.3 Å². The summed E-state index contributed by atoms with van der Waals surface area (Å²) >= 11 is 1.53. The van der Waals surface area contributed by atoms with Crippen LogP contribution in [0.2, 0.25) is 0 Å². The minimum atomic E-state index is -0.248. The molecule has 2 N–H and O–H groups in total. The van der Waals surface area contributed by atoms with E-state index >= 15 is 0 Å². The maximum absolute atomic E-state index is 12.7. The van der Waals surface area contributed by atoms with Gasteiger partial charge >= 0.3 is 0 Å². The first-order valence-corrected chi connectivity index (χ1v) is 6.13. The third kappa shape index (κ3) is 3.04. The third-order valence-electron chi connectivity index (χ3n) is 2.36. The predicted octanol–water partition coefficient (Wildman–Crippen LogP) is 1.75. The van der Waals surface area contributed by atoms with Gasteiger partial charge in [0.15, 0.2) is 5.16 Å². The number of nitrogens with zero attached hydrogens (tertiary/aromatic N) is 3. The van der Waals surface area contributed by atoms with Crippen LogP contribution in [-0.4, -0.2) is 20.5 Å². The molecule has 0 radical (unpaired) electrons. The van der Waals surface area contributed by atoms with Gasteiger partial charge in [-0.2, -0.15) is 0 Å². The molecule has 1 aromatic heterocycles. The average molecular weight is 252 g/mol. The van der Waals surface area contributed by atoms with Crippen molar-refractivity contribution < 1.29 is 4.39 Å². The van der Waals surface area contributed by atoms with Gasteiger partial charge in [0.2, 0.25) is 0 Å². The summed E-state index contributed by atoms with van der Waals surface area (Å²) in [5, 5.41) is 8.56. The summed E-state index contributed by atoms with van der Waals surface area (Å²) in [6, 6.07) is 6.11. The Morgan fingerprint density at radius 2 is 2.12 bits per heavy atom. The molecule has 0 aliphatic rings. The van der Waals surface area contributed by atoms with Gasteiger partial charge in [0.25, 0.3) is 0 Å². The summed E-state index contributed by atoms with van der Waals surface area (Å²) < 4.78 is 14.6. The van der Waals surface area contributed by atoms with E-state index in [4.69, 9.17) is 5.73 Å². The van der Waals surface area contributed by atoms with Crippen LogP contribution >= 0.6 is 11.8 Å². The Bertz CT molecular complexity index is 482. The Morgan fingerprint density at radius 3 is 2.71 bits per heavy atom. The number of benzene rings is 1. The lowest BCUT2D eigenvalue weighted by atomic mass is 10.1. The minimum Gasteiger partial charge on any atom is -0.323 e. The summed E-state index contributed by atoms with van der Waals surface area (Å²) in [4.78, 5) is 0. The molecule has 6 heteroatoms. The lowest BCUT2D eigenvalue weighted by Crippen LogP contribution is -2.13. The van der Waals surface area contributed by atoms with Crippen LogP contribution < -0.4 is 5.73 Å². The molecule has 17 heavy (non-hydrogen) atoms. The van der Waals surface area contributed by atoms with Crippen molar-refractivity contribution in [1.29, 1.82) is 0 Å². The largest absolute Gasteiger partial charge is 0.323 e. The van der Waals surface area contributed by atoms with Gasteiger partial charge in [-0.3, -0.25) is 0 Å². The van der Waals surface area contributed by atoms with Gasteiger partial charge in [0.05, 0.1) is 0 Å². The number of thioether (sulfide) groups is 1. The van der Waals surface area contributed by atoms with E-state index in [1.807, 2.05) is 11.6 Å². The van der Waals surface area contributed by atoms with Crippen LogP contribution in [0.1, 0.15) is 11.6 Å². The Labute approximate surface area is 103 Å². The average Bonchev–Trinajstić information content (AvgIpc) is 2.73. The lowest BCUT2D eigenvalue weighted by Gasteiger charge is -2.10. The second-order valence-corrected chi connectivity index (χ2v) is 4.68. The molecule has 0 aliphatic carbocycles. The van der Waals surface area contributed by atoms with Crippen LogP contribution in [0.3, 0.4) is 0 Å². The van der Waals surface area contributed by atoms with E-state index in [1.54, 1.807) is 18.5 Å². The fourth-order valence-electron chi connectivity index (χ4n) is 1.37. The molecule has 0 saturated carbocycles. The first-order valence-electron chi connectivity index (χ1n) is 5.14. The SMILES string of the molecule is Cn1cnnc1SCC(N)c1ccc(F)cc1. The van der Waals surface area contributed by atoms with E-state index in [9.17, 15) is 4.39 Å². The third-order valence-corrected chi connectivity index (χ3v) is 3.51. The normalized spacial score (nSPS) is 12.6. The zero-order valence-corrected chi connectivity index (χ0v) is 10.2. The Morgan fingerprint density at radius 1 is 1.41 bits per heavy atom. The van der Waals surface area contributed by atoms with Crippen LogP contribution in [-0.2, 0) is 7.05 Å². The zero-order chi connectivity index (χ0) is 12.3. The van der Waals surface area contributed by atoms with Gasteiger partial charge in [0, 0.05) is 18.8 Å². The molecule has 0 fully saturated rings. The Hall–Kier alpha value is -1.40. The quantitative estimate of drug-likeness (QED) is 0.842. The smallest absolute Gasteiger partial charge is 0.190 e. The summed E-state index contributed by atoms with van der Waals surface area (Å²) in [5.74, 6) is 0.430. The molecule has 0 saturated heterocycles. The first kappa shape index (κ1) is 12.1. The molecule has 0 bridgehead atoms. The number of halogens is 1. The molecule has 1 aromatic carbocycles. The van der Waals surface area contributed by atoms with E-state index in [0.717, 1.165) is 10.7 Å². The zero-order valence-electron chi connectivity index (χ0n) is 9.38. The van der Waals surface area contributed by atoms with Gasteiger partial charge in [0.1, 0.15) is 12.1 Å². The van der Waals surface area contributed by atoms with E-state index in [1.165, 1.54) is 23.9 Å². The number of nitrogens with two attached hydrogens (primary N) is 1. The second kappa shape index (κ2) is 5.29. The van der Waals surface area contributed by atoms with Gasteiger partial charge in [-0.15, -0.1) is 10.2 Å². The van der Waals surface area contributed by atoms with Gasteiger partial charge in [-0.1, -0.05) is 23.9 Å². The van der Waals surface area contributed by atoms with Crippen LogP contribution in [0.15, 0.2) is 35.7 Å².